The van der Waals surface area contributed by atoms with Crippen LogP contribution in [0.15, 0.2) is 0 Å². The van der Waals surface area contributed by atoms with E-state index in [1.807, 2.05) is 0 Å². The Morgan fingerprint density at radius 3 is 2.88 bits per heavy atom. The molecule has 1 saturated heterocycles. The first-order chi connectivity index (χ1) is 7.63. The van der Waals surface area contributed by atoms with Crippen LogP contribution in [0.2, 0.25) is 0 Å². The molecule has 0 aliphatic carbocycles. The molecule has 2 atom stereocenters. The van der Waals surface area contributed by atoms with Gasteiger partial charge in [-0.2, -0.15) is 0 Å². The van der Waals surface area contributed by atoms with Gasteiger partial charge in [-0.05, 0) is 31.8 Å². The molecule has 4 heteroatoms. The van der Waals surface area contributed by atoms with Gasteiger partial charge in [-0.3, -0.25) is 9.69 Å². The first-order valence-corrected chi connectivity index (χ1v) is 6.30. The highest BCUT2D eigenvalue weighted by atomic mass is 16.4. The topological polar surface area (TPSA) is 52.6 Å². The van der Waals surface area contributed by atoms with Gasteiger partial charge in [0, 0.05) is 25.6 Å². The maximum atomic E-state index is 10.6. The summed E-state index contributed by atoms with van der Waals surface area (Å²) in [5.41, 5.74) is 0. The smallest absolute Gasteiger partial charge is 0.303 e. The van der Waals surface area contributed by atoms with Crippen LogP contribution < -0.4 is 5.32 Å². The summed E-state index contributed by atoms with van der Waals surface area (Å²) in [4.78, 5) is 13.1. The van der Waals surface area contributed by atoms with E-state index < -0.39 is 5.97 Å². The second kappa shape index (κ2) is 6.86. The lowest BCUT2D eigenvalue weighted by molar-refractivity contribution is -0.137. The summed E-state index contributed by atoms with van der Waals surface area (Å²) in [6.07, 6.45) is 2.17. The van der Waals surface area contributed by atoms with Crippen molar-refractivity contribution in [3.8, 4) is 0 Å². The highest BCUT2D eigenvalue weighted by molar-refractivity contribution is 5.66. The molecule has 2 unspecified atom stereocenters. The molecule has 1 fully saturated rings. The number of carboxylic acids is 1. The van der Waals surface area contributed by atoms with Gasteiger partial charge in [0.15, 0.2) is 0 Å². The zero-order valence-corrected chi connectivity index (χ0v) is 10.4. The third-order valence-electron chi connectivity index (χ3n) is 3.14. The van der Waals surface area contributed by atoms with Crippen LogP contribution in [-0.4, -0.2) is 48.2 Å². The molecule has 1 heterocycles. The van der Waals surface area contributed by atoms with E-state index in [2.05, 4.69) is 24.1 Å². The van der Waals surface area contributed by atoms with E-state index in [-0.39, 0.29) is 6.42 Å². The van der Waals surface area contributed by atoms with E-state index in [4.69, 9.17) is 5.11 Å². The third-order valence-corrected chi connectivity index (χ3v) is 3.14. The molecule has 0 spiro atoms. The molecule has 0 aromatic heterocycles. The predicted octanol–water partition coefficient (Wildman–Crippen LogP) is 1.17. The molecule has 0 amide bonds. The monoisotopic (exact) mass is 228 g/mol. The standard InChI is InChI=1S/C12H24N2O2/c1-3-6-14-9-10(2)7-13-8-11(14)4-5-12(15)16/h10-11,13H,3-9H2,1-2H3,(H,15,16). The van der Waals surface area contributed by atoms with Crippen molar-refractivity contribution < 1.29 is 9.90 Å². The Labute approximate surface area is 98.0 Å². The van der Waals surface area contributed by atoms with Crippen LogP contribution in [0.5, 0.6) is 0 Å². The minimum absolute atomic E-state index is 0.279. The number of carbonyl (C=O) groups is 1. The van der Waals surface area contributed by atoms with Gasteiger partial charge >= 0.3 is 5.97 Å². The molecule has 0 bridgehead atoms. The average molecular weight is 228 g/mol. The minimum atomic E-state index is -0.686. The SMILES string of the molecule is CCCN1CC(C)CNCC1CCC(=O)O. The number of rotatable bonds is 5. The molecule has 2 N–H and O–H groups in total. The van der Waals surface area contributed by atoms with Crippen molar-refractivity contribution in [1.82, 2.24) is 10.2 Å². The number of hydrogen-bond acceptors (Lipinski definition) is 3. The Kier molecular flexibility index (Phi) is 5.77. The highest BCUT2D eigenvalue weighted by Gasteiger charge is 2.23. The van der Waals surface area contributed by atoms with E-state index >= 15 is 0 Å². The van der Waals surface area contributed by atoms with Crippen molar-refractivity contribution in [2.45, 2.75) is 39.2 Å². The summed E-state index contributed by atoms with van der Waals surface area (Å²) in [7, 11) is 0. The molecule has 1 aliphatic rings. The van der Waals surface area contributed by atoms with E-state index in [9.17, 15) is 4.79 Å². The van der Waals surface area contributed by atoms with Crippen molar-refractivity contribution in [2.24, 2.45) is 5.92 Å². The Morgan fingerprint density at radius 2 is 2.25 bits per heavy atom. The molecule has 0 aromatic rings. The van der Waals surface area contributed by atoms with Gasteiger partial charge in [0.05, 0.1) is 0 Å². The van der Waals surface area contributed by atoms with Crippen molar-refractivity contribution in [3.63, 3.8) is 0 Å². The normalized spacial score (nSPS) is 27.6. The Hall–Kier alpha value is -0.610. The molecule has 0 radical (unpaired) electrons. The van der Waals surface area contributed by atoms with Crippen molar-refractivity contribution >= 4 is 5.97 Å². The zero-order valence-electron chi connectivity index (χ0n) is 10.4. The minimum Gasteiger partial charge on any atom is -0.481 e. The summed E-state index contributed by atoms with van der Waals surface area (Å²) in [5.74, 6) is -0.0323. The first kappa shape index (κ1) is 13.5. The quantitative estimate of drug-likeness (QED) is 0.741. The number of nitrogens with zero attached hydrogens (tertiary/aromatic N) is 1. The number of hydrogen-bond donors (Lipinski definition) is 2. The van der Waals surface area contributed by atoms with Gasteiger partial charge in [-0.1, -0.05) is 13.8 Å². The van der Waals surface area contributed by atoms with Crippen LogP contribution in [0, 0.1) is 5.92 Å². The maximum Gasteiger partial charge on any atom is 0.303 e. The fourth-order valence-electron chi connectivity index (χ4n) is 2.38. The van der Waals surface area contributed by atoms with Crippen LogP contribution in [0.1, 0.15) is 33.1 Å². The molecular weight excluding hydrogens is 204 g/mol. The van der Waals surface area contributed by atoms with Gasteiger partial charge in [-0.15, -0.1) is 0 Å². The van der Waals surface area contributed by atoms with E-state index in [1.54, 1.807) is 0 Å². The summed E-state index contributed by atoms with van der Waals surface area (Å²) < 4.78 is 0. The number of carboxylic acid groups (broad SMARTS) is 1. The molecule has 0 aromatic carbocycles. The van der Waals surface area contributed by atoms with Crippen LogP contribution in [0.4, 0.5) is 0 Å². The molecular formula is C12H24N2O2. The van der Waals surface area contributed by atoms with Crippen LogP contribution in [0.25, 0.3) is 0 Å². The zero-order chi connectivity index (χ0) is 12.0. The van der Waals surface area contributed by atoms with Gasteiger partial charge in [-0.25, -0.2) is 0 Å². The summed E-state index contributed by atoms with van der Waals surface area (Å²) in [5, 5.41) is 12.2. The number of nitrogens with one attached hydrogen (secondary N) is 1. The van der Waals surface area contributed by atoms with Gasteiger partial charge in [0.25, 0.3) is 0 Å². The number of aliphatic carboxylic acids is 1. The molecule has 94 valence electrons. The second-order valence-corrected chi connectivity index (χ2v) is 4.84. The average Bonchev–Trinajstić information content (AvgIpc) is 2.38. The van der Waals surface area contributed by atoms with Gasteiger partial charge < -0.3 is 10.4 Å². The first-order valence-electron chi connectivity index (χ1n) is 6.30. The van der Waals surface area contributed by atoms with Crippen molar-refractivity contribution in [1.29, 1.82) is 0 Å². The fraction of sp³-hybridized carbons (Fsp3) is 0.917. The fourth-order valence-corrected chi connectivity index (χ4v) is 2.38. The largest absolute Gasteiger partial charge is 0.481 e. The molecule has 4 nitrogen and oxygen atoms in total. The molecule has 1 rings (SSSR count). The lowest BCUT2D eigenvalue weighted by Crippen LogP contribution is -2.40. The Morgan fingerprint density at radius 1 is 1.50 bits per heavy atom. The van der Waals surface area contributed by atoms with E-state index in [1.165, 1.54) is 0 Å². The second-order valence-electron chi connectivity index (χ2n) is 4.84. The summed E-state index contributed by atoms with van der Waals surface area (Å²) in [6, 6.07) is 0.390. The molecule has 0 saturated carbocycles. The molecule has 16 heavy (non-hydrogen) atoms. The van der Waals surface area contributed by atoms with E-state index in [0.29, 0.717) is 12.0 Å². The van der Waals surface area contributed by atoms with Crippen LogP contribution in [-0.2, 0) is 4.79 Å². The van der Waals surface area contributed by atoms with Gasteiger partial charge in [0.1, 0.15) is 0 Å². The van der Waals surface area contributed by atoms with Gasteiger partial charge in [0.2, 0.25) is 0 Å². The maximum absolute atomic E-state index is 10.6. The third kappa shape index (κ3) is 4.49. The molecule has 1 aliphatic heterocycles. The van der Waals surface area contributed by atoms with Crippen LogP contribution in [0.3, 0.4) is 0 Å². The summed E-state index contributed by atoms with van der Waals surface area (Å²) >= 11 is 0. The van der Waals surface area contributed by atoms with Crippen molar-refractivity contribution in [3.05, 3.63) is 0 Å². The predicted molar refractivity (Wildman–Crippen MR) is 64.6 cm³/mol. The highest BCUT2D eigenvalue weighted by Crippen LogP contribution is 2.13. The van der Waals surface area contributed by atoms with Crippen LogP contribution >= 0.6 is 0 Å². The Balaban J connectivity index is 2.50. The Bertz CT molecular complexity index is 221. The lowest BCUT2D eigenvalue weighted by Gasteiger charge is -2.30. The van der Waals surface area contributed by atoms with Crippen molar-refractivity contribution in [2.75, 3.05) is 26.2 Å². The lowest BCUT2D eigenvalue weighted by atomic mass is 10.1. The summed E-state index contributed by atoms with van der Waals surface area (Å²) in [6.45, 7) is 8.56. The van der Waals surface area contributed by atoms with E-state index in [0.717, 1.165) is 39.0 Å².